The van der Waals surface area contributed by atoms with Crippen LogP contribution in [0.4, 0.5) is 0 Å². The summed E-state index contributed by atoms with van der Waals surface area (Å²) in [6, 6.07) is 0. The van der Waals surface area contributed by atoms with Crippen LogP contribution in [-0.4, -0.2) is 102 Å². The zero-order valence-corrected chi connectivity index (χ0v) is 19.4. The molecular formula is C17H34O12S2. The van der Waals surface area contributed by atoms with Crippen molar-refractivity contribution in [3.63, 3.8) is 0 Å². The van der Waals surface area contributed by atoms with Gasteiger partial charge in [0.15, 0.2) is 0 Å². The molecule has 0 radical (unpaired) electrons. The average molecular weight is 495 g/mol. The molecule has 0 aromatic heterocycles. The minimum Gasteiger partial charge on any atom is -0.481 e. The lowest BCUT2D eigenvalue weighted by Crippen LogP contribution is -2.03. The molecule has 0 bridgehead atoms. The van der Waals surface area contributed by atoms with Gasteiger partial charge in [-0.2, -0.15) is 25.3 Å². The number of rotatable bonds is 6. The molecule has 0 aromatic carbocycles. The van der Waals surface area contributed by atoms with Crippen molar-refractivity contribution >= 4 is 49.1 Å². The highest BCUT2D eigenvalue weighted by molar-refractivity contribution is 7.81. The summed E-state index contributed by atoms with van der Waals surface area (Å²) in [7, 11) is 0. The highest BCUT2D eigenvalue weighted by Gasteiger charge is 1.90. The molecule has 1 unspecified atom stereocenters. The molecule has 8 N–H and O–H groups in total. The van der Waals surface area contributed by atoms with Crippen LogP contribution >= 0.6 is 25.3 Å². The molecule has 0 aromatic rings. The van der Waals surface area contributed by atoms with Gasteiger partial charge in [-0.1, -0.05) is 13.2 Å². The molecule has 0 aliphatic heterocycles. The van der Waals surface area contributed by atoms with Gasteiger partial charge in [-0.15, -0.1) is 0 Å². The molecule has 0 heterocycles. The van der Waals surface area contributed by atoms with Crippen molar-refractivity contribution < 1.29 is 60.0 Å². The average Bonchev–Trinajstić information content (AvgIpc) is 2.69. The summed E-state index contributed by atoms with van der Waals surface area (Å²) in [6.07, 6.45) is -0.560. The second-order valence-corrected chi connectivity index (χ2v) is 5.39. The number of aliphatic hydroxyl groups excluding tert-OH is 4. The highest BCUT2D eigenvalue weighted by atomic mass is 32.1. The number of aliphatic carboxylic acids is 4. The van der Waals surface area contributed by atoms with Crippen molar-refractivity contribution in [2.45, 2.75) is 26.9 Å². The van der Waals surface area contributed by atoms with E-state index >= 15 is 0 Å². The van der Waals surface area contributed by atoms with Crippen molar-refractivity contribution in [1.82, 2.24) is 0 Å². The monoisotopic (exact) mass is 494 g/mol. The Hall–Kier alpha value is -2.10. The Morgan fingerprint density at radius 3 is 0.871 bits per heavy atom. The van der Waals surface area contributed by atoms with E-state index in [4.69, 9.17) is 40.9 Å². The molecule has 0 saturated carbocycles. The van der Waals surface area contributed by atoms with Gasteiger partial charge < -0.3 is 40.9 Å². The second kappa shape index (κ2) is 35.3. The Bertz CT molecular complexity index is 430. The van der Waals surface area contributed by atoms with E-state index in [2.05, 4.69) is 38.4 Å². The molecule has 12 nitrogen and oxygen atoms in total. The molecule has 0 saturated heterocycles. The Kier molecular flexibility index (Phi) is 48.9. The van der Waals surface area contributed by atoms with E-state index in [1.807, 2.05) is 0 Å². The van der Waals surface area contributed by atoms with Crippen molar-refractivity contribution in [3.05, 3.63) is 24.3 Å². The van der Waals surface area contributed by atoms with Gasteiger partial charge in [0.1, 0.15) is 0 Å². The number of thiol groups is 2. The largest absolute Gasteiger partial charge is 0.481 e. The van der Waals surface area contributed by atoms with Crippen LogP contribution < -0.4 is 0 Å². The lowest BCUT2D eigenvalue weighted by molar-refractivity contribution is -0.134. The van der Waals surface area contributed by atoms with Gasteiger partial charge in [0.05, 0.1) is 37.4 Å². The van der Waals surface area contributed by atoms with Crippen LogP contribution in [0, 0.1) is 0 Å². The Morgan fingerprint density at radius 1 is 0.742 bits per heavy atom. The molecule has 186 valence electrons. The number of aliphatic hydroxyl groups is 4. The molecule has 0 amide bonds. The van der Waals surface area contributed by atoms with E-state index < -0.39 is 30.0 Å². The van der Waals surface area contributed by atoms with Crippen LogP contribution in [0.15, 0.2) is 24.3 Å². The van der Waals surface area contributed by atoms with Gasteiger partial charge in [-0.25, -0.2) is 9.59 Å². The molecule has 31 heavy (non-hydrogen) atoms. The van der Waals surface area contributed by atoms with Crippen LogP contribution in [0.3, 0.4) is 0 Å². The summed E-state index contributed by atoms with van der Waals surface area (Å²) in [5.41, 5.74) is 0.352. The third-order valence-corrected chi connectivity index (χ3v) is 1.91. The van der Waals surface area contributed by atoms with Gasteiger partial charge in [-0.3, -0.25) is 9.59 Å². The molecule has 0 fully saturated rings. The first-order chi connectivity index (χ1) is 14.0. The summed E-state index contributed by atoms with van der Waals surface area (Å²) in [4.78, 5) is 37.8. The predicted octanol–water partition coefficient (Wildman–Crippen LogP) is -0.374. The van der Waals surface area contributed by atoms with Gasteiger partial charge in [0.2, 0.25) is 0 Å². The minimum atomic E-state index is -0.935. The first-order valence-corrected chi connectivity index (χ1v) is 9.21. The maximum Gasteiger partial charge on any atom is 0.330 e. The molecule has 0 spiro atoms. The smallest absolute Gasteiger partial charge is 0.330 e. The van der Waals surface area contributed by atoms with Crippen molar-refractivity contribution in [2.24, 2.45) is 0 Å². The molecule has 0 aliphatic carbocycles. The number of carboxylic acids is 4. The first kappa shape index (κ1) is 42.9. The van der Waals surface area contributed by atoms with Crippen molar-refractivity contribution in [2.75, 3.05) is 31.3 Å². The fourth-order valence-electron chi connectivity index (χ4n) is 0. The third kappa shape index (κ3) is 112. The predicted molar refractivity (Wildman–Crippen MR) is 121 cm³/mol. The topological polar surface area (TPSA) is 230 Å². The molecule has 0 aliphatic rings. The fourth-order valence-corrected chi connectivity index (χ4v) is 0. The van der Waals surface area contributed by atoms with E-state index in [-0.39, 0.29) is 42.5 Å². The lowest BCUT2D eigenvalue weighted by atomic mass is 10.4. The van der Waals surface area contributed by atoms with E-state index in [1.165, 1.54) is 20.8 Å². The molecular weight excluding hydrogens is 460 g/mol. The maximum absolute atomic E-state index is 9.60. The SMILES string of the molecule is C=C(C)C(=O)O.C=C(C)C(=O)O.CC(O)CO.O=C(O)CS.O=C(O)CS.OCCO. The van der Waals surface area contributed by atoms with Gasteiger partial charge in [0.25, 0.3) is 0 Å². The first-order valence-electron chi connectivity index (χ1n) is 7.95. The fraction of sp³-hybridized carbons (Fsp3) is 0.529. The van der Waals surface area contributed by atoms with Crippen molar-refractivity contribution in [3.8, 4) is 0 Å². The molecule has 0 rings (SSSR count). The van der Waals surface area contributed by atoms with Crippen LogP contribution in [0.1, 0.15) is 20.8 Å². The van der Waals surface area contributed by atoms with Gasteiger partial charge in [-0.05, 0) is 20.8 Å². The van der Waals surface area contributed by atoms with Crippen molar-refractivity contribution in [1.29, 1.82) is 0 Å². The normalized spacial score (nSPS) is 8.68. The summed E-state index contributed by atoms with van der Waals surface area (Å²) in [6.45, 7) is 10.3. The van der Waals surface area contributed by atoms with E-state index in [1.54, 1.807) is 0 Å². The van der Waals surface area contributed by atoms with Crippen LogP contribution in [0.25, 0.3) is 0 Å². The zero-order chi connectivity index (χ0) is 26.6. The second-order valence-electron chi connectivity index (χ2n) is 4.75. The highest BCUT2D eigenvalue weighted by Crippen LogP contribution is 1.81. The lowest BCUT2D eigenvalue weighted by Gasteiger charge is -1.90. The Morgan fingerprint density at radius 2 is 0.871 bits per heavy atom. The van der Waals surface area contributed by atoms with Crippen LogP contribution in [-0.2, 0) is 19.2 Å². The summed E-state index contributed by atoms with van der Waals surface area (Å²) in [5, 5.41) is 62.3. The Labute approximate surface area is 192 Å². The van der Waals surface area contributed by atoms with Crippen LogP contribution in [0.2, 0.25) is 0 Å². The summed E-state index contributed by atoms with van der Waals surface area (Å²) in [5.74, 6) is -3.80. The number of hydrogen-bond donors (Lipinski definition) is 10. The zero-order valence-electron chi connectivity index (χ0n) is 17.6. The molecule has 1 atom stereocenters. The summed E-state index contributed by atoms with van der Waals surface area (Å²) >= 11 is 6.83. The molecule has 14 heteroatoms. The quantitative estimate of drug-likeness (QED) is 0.168. The standard InChI is InChI=1S/2C4H6O2.C3H8O2.2C2H4O2S.C2H6O2/c2*1-3(2)4(5)6;1-3(5)2-4;2*3-2(4)1-5;3-1-2-4/h2*1H2,2H3,(H,5,6);3-5H,2H2,1H3;2*5H,1H2,(H,3,4);3-4H,1-2H2. The third-order valence-electron chi connectivity index (χ3n) is 1.36. The maximum atomic E-state index is 9.60. The van der Waals surface area contributed by atoms with Gasteiger partial charge in [0, 0.05) is 11.1 Å². The summed E-state index contributed by atoms with van der Waals surface area (Å²) < 4.78 is 0. The van der Waals surface area contributed by atoms with E-state index in [0.29, 0.717) is 0 Å². The van der Waals surface area contributed by atoms with Gasteiger partial charge >= 0.3 is 23.9 Å². The number of carboxylic acid groups (broad SMARTS) is 4. The number of hydrogen-bond acceptors (Lipinski definition) is 10. The van der Waals surface area contributed by atoms with E-state index in [0.717, 1.165) is 0 Å². The van der Waals surface area contributed by atoms with Crippen LogP contribution in [0.5, 0.6) is 0 Å². The minimum absolute atomic E-state index is 0.0833. The number of carbonyl (C=O) groups is 4. The van der Waals surface area contributed by atoms with E-state index in [9.17, 15) is 19.2 Å². The Balaban J connectivity index is -0.0000000608.